The maximum atomic E-state index is 12.7. The van der Waals surface area contributed by atoms with Crippen LogP contribution in [0.5, 0.6) is 0 Å². The molecule has 2 aromatic heterocycles. The molecule has 3 heterocycles. The van der Waals surface area contributed by atoms with E-state index in [4.69, 9.17) is 0 Å². The van der Waals surface area contributed by atoms with Gasteiger partial charge >= 0.3 is 0 Å². The summed E-state index contributed by atoms with van der Waals surface area (Å²) in [6.07, 6.45) is 3.90. The van der Waals surface area contributed by atoms with Gasteiger partial charge in [0.1, 0.15) is 5.92 Å². The Kier molecular flexibility index (Phi) is 5.00. The van der Waals surface area contributed by atoms with Gasteiger partial charge in [-0.3, -0.25) is 14.6 Å². The molecule has 1 aliphatic heterocycles. The van der Waals surface area contributed by atoms with Crippen LogP contribution in [0.1, 0.15) is 6.42 Å². The zero-order valence-corrected chi connectivity index (χ0v) is 16.5. The molecule has 1 aliphatic rings. The summed E-state index contributed by atoms with van der Waals surface area (Å²) in [6, 6.07) is 11.2. The Morgan fingerprint density at radius 2 is 2.19 bits per heavy atom. The number of nitrogens with zero attached hydrogens (tertiary/aromatic N) is 3. The summed E-state index contributed by atoms with van der Waals surface area (Å²) in [5.41, 5.74) is 2.42. The van der Waals surface area contributed by atoms with E-state index in [1.54, 1.807) is 17.3 Å². The van der Waals surface area contributed by atoms with Crippen LogP contribution in [-0.2, 0) is 9.59 Å². The first-order valence-electron chi connectivity index (χ1n) is 8.35. The molecule has 0 radical (unpaired) electrons. The zero-order chi connectivity index (χ0) is 18.8. The number of thiazole rings is 1. The Balaban J connectivity index is 1.45. The van der Waals surface area contributed by atoms with Gasteiger partial charge in [0.05, 0.1) is 5.69 Å². The smallest absolute Gasteiger partial charge is 0.239 e. The summed E-state index contributed by atoms with van der Waals surface area (Å²) >= 11 is 4.74. The largest absolute Gasteiger partial charge is 0.312 e. The van der Waals surface area contributed by atoms with Crippen molar-refractivity contribution in [2.24, 2.45) is 5.92 Å². The Morgan fingerprint density at radius 3 is 2.96 bits per heavy atom. The van der Waals surface area contributed by atoms with Crippen LogP contribution in [0.3, 0.4) is 0 Å². The number of amides is 2. The van der Waals surface area contributed by atoms with Crippen molar-refractivity contribution >= 4 is 49.9 Å². The molecule has 8 heteroatoms. The molecule has 0 bridgehead atoms. The summed E-state index contributed by atoms with van der Waals surface area (Å²) in [6.45, 7) is 0.520. The fourth-order valence-corrected chi connectivity index (χ4v) is 4.10. The number of carbonyl (C=O) groups excluding carboxylic acids is 2. The molecule has 1 fully saturated rings. The molecule has 27 heavy (non-hydrogen) atoms. The summed E-state index contributed by atoms with van der Waals surface area (Å²) in [4.78, 5) is 35.4. The number of anilines is 2. The van der Waals surface area contributed by atoms with Gasteiger partial charge in [-0.05, 0) is 36.8 Å². The minimum absolute atomic E-state index is 0.186. The highest BCUT2D eigenvalue weighted by Crippen LogP contribution is 2.29. The lowest BCUT2D eigenvalue weighted by Gasteiger charge is -2.16. The first-order chi connectivity index (χ1) is 13.1. The van der Waals surface area contributed by atoms with Crippen molar-refractivity contribution in [2.75, 3.05) is 16.8 Å². The monoisotopic (exact) mass is 442 g/mol. The van der Waals surface area contributed by atoms with Crippen molar-refractivity contribution in [3.8, 4) is 11.3 Å². The van der Waals surface area contributed by atoms with Gasteiger partial charge in [-0.15, -0.1) is 11.3 Å². The zero-order valence-electron chi connectivity index (χ0n) is 14.1. The number of benzene rings is 1. The van der Waals surface area contributed by atoms with Crippen LogP contribution in [0.25, 0.3) is 11.3 Å². The van der Waals surface area contributed by atoms with E-state index in [0.29, 0.717) is 18.1 Å². The Morgan fingerprint density at radius 1 is 1.30 bits per heavy atom. The third-order valence-corrected chi connectivity index (χ3v) is 5.58. The fourth-order valence-electron chi connectivity index (χ4n) is 2.99. The third kappa shape index (κ3) is 3.77. The number of aromatic nitrogens is 2. The molecule has 2 amide bonds. The third-order valence-electron chi connectivity index (χ3n) is 4.33. The molecule has 0 saturated carbocycles. The van der Waals surface area contributed by atoms with Crippen LogP contribution in [-0.4, -0.2) is 28.3 Å². The first-order valence-corrected chi connectivity index (χ1v) is 10.0. The highest BCUT2D eigenvalue weighted by molar-refractivity contribution is 9.10. The van der Waals surface area contributed by atoms with Crippen molar-refractivity contribution in [1.29, 1.82) is 0 Å². The van der Waals surface area contributed by atoms with Crippen molar-refractivity contribution in [1.82, 2.24) is 9.97 Å². The number of pyridine rings is 1. The summed E-state index contributed by atoms with van der Waals surface area (Å²) in [5.74, 6) is -1.20. The lowest BCUT2D eigenvalue weighted by molar-refractivity contribution is -0.129. The molecule has 0 aliphatic carbocycles. The van der Waals surface area contributed by atoms with Crippen molar-refractivity contribution in [3.05, 3.63) is 58.6 Å². The lowest BCUT2D eigenvalue weighted by Crippen LogP contribution is -2.33. The maximum absolute atomic E-state index is 12.7. The SMILES string of the molecule is O=C(Nc1nc(-c2cccnc2)cs1)C1CCN(c2cccc(Br)c2)C1=O. The Bertz CT molecular complexity index is 992. The molecular weight excluding hydrogens is 428 g/mol. The van der Waals surface area contributed by atoms with E-state index in [-0.39, 0.29) is 11.8 Å². The molecule has 1 unspecified atom stereocenters. The standard InChI is InChI=1S/C19H15BrN4O2S/c20-13-4-1-5-14(9-13)24-8-6-15(18(24)26)17(25)23-19-22-16(11-27-19)12-3-2-7-21-10-12/h1-5,7,9-11,15H,6,8H2,(H,22,23,25). The highest BCUT2D eigenvalue weighted by Gasteiger charge is 2.37. The summed E-state index contributed by atoms with van der Waals surface area (Å²) in [7, 11) is 0. The minimum atomic E-state index is -0.699. The van der Waals surface area contributed by atoms with E-state index in [1.807, 2.05) is 41.8 Å². The summed E-state index contributed by atoms with van der Waals surface area (Å²) in [5, 5.41) is 5.12. The van der Waals surface area contributed by atoms with E-state index in [0.717, 1.165) is 21.4 Å². The van der Waals surface area contributed by atoms with Gasteiger partial charge in [-0.2, -0.15) is 0 Å². The number of nitrogens with one attached hydrogen (secondary N) is 1. The second-order valence-electron chi connectivity index (χ2n) is 6.08. The van der Waals surface area contributed by atoms with Crippen molar-refractivity contribution in [2.45, 2.75) is 6.42 Å². The Hall–Kier alpha value is -2.58. The molecule has 1 aromatic carbocycles. The van der Waals surface area contributed by atoms with E-state index >= 15 is 0 Å². The maximum Gasteiger partial charge on any atom is 0.239 e. The summed E-state index contributed by atoms with van der Waals surface area (Å²) < 4.78 is 0.895. The number of rotatable bonds is 4. The van der Waals surface area contributed by atoms with Crippen LogP contribution >= 0.6 is 27.3 Å². The highest BCUT2D eigenvalue weighted by atomic mass is 79.9. The molecule has 136 valence electrons. The topological polar surface area (TPSA) is 75.2 Å². The van der Waals surface area contributed by atoms with Gasteiger partial charge in [0.25, 0.3) is 0 Å². The molecule has 1 saturated heterocycles. The van der Waals surface area contributed by atoms with E-state index in [9.17, 15) is 9.59 Å². The van der Waals surface area contributed by atoms with Gasteiger partial charge in [-0.25, -0.2) is 4.98 Å². The fraction of sp³-hybridized carbons (Fsp3) is 0.158. The number of carbonyl (C=O) groups is 2. The van der Waals surface area contributed by atoms with E-state index in [2.05, 4.69) is 31.2 Å². The normalized spacial score (nSPS) is 16.6. The molecule has 1 atom stereocenters. The molecule has 1 N–H and O–H groups in total. The second kappa shape index (κ2) is 7.58. The van der Waals surface area contributed by atoms with Gasteiger partial charge < -0.3 is 10.2 Å². The van der Waals surface area contributed by atoms with Crippen molar-refractivity contribution in [3.63, 3.8) is 0 Å². The van der Waals surface area contributed by atoms with Gasteiger partial charge in [-0.1, -0.05) is 22.0 Å². The van der Waals surface area contributed by atoms with Crippen LogP contribution in [0.15, 0.2) is 58.6 Å². The predicted octanol–water partition coefficient (Wildman–Crippen LogP) is 3.96. The van der Waals surface area contributed by atoms with Gasteiger partial charge in [0.2, 0.25) is 11.8 Å². The van der Waals surface area contributed by atoms with Gasteiger partial charge in [0, 0.05) is 40.0 Å². The quantitative estimate of drug-likeness (QED) is 0.620. The second-order valence-corrected chi connectivity index (χ2v) is 7.85. The van der Waals surface area contributed by atoms with Crippen LogP contribution in [0.2, 0.25) is 0 Å². The Labute approximate surface area is 168 Å². The molecule has 4 rings (SSSR count). The van der Waals surface area contributed by atoms with Crippen molar-refractivity contribution < 1.29 is 9.59 Å². The number of halogens is 1. The average molecular weight is 443 g/mol. The molecule has 3 aromatic rings. The first kappa shape index (κ1) is 17.8. The molecule has 6 nitrogen and oxygen atoms in total. The van der Waals surface area contributed by atoms with E-state index < -0.39 is 5.92 Å². The molecular formula is C19H15BrN4O2S. The number of hydrogen-bond donors (Lipinski definition) is 1. The van der Waals surface area contributed by atoms with Crippen LogP contribution in [0, 0.1) is 5.92 Å². The number of hydrogen-bond acceptors (Lipinski definition) is 5. The van der Waals surface area contributed by atoms with Gasteiger partial charge in [0.15, 0.2) is 5.13 Å². The molecule has 0 spiro atoms. The average Bonchev–Trinajstić information content (AvgIpc) is 3.29. The minimum Gasteiger partial charge on any atom is -0.312 e. The van der Waals surface area contributed by atoms with Crippen LogP contribution < -0.4 is 10.2 Å². The van der Waals surface area contributed by atoms with E-state index in [1.165, 1.54) is 11.3 Å². The lowest BCUT2D eigenvalue weighted by atomic mass is 10.1. The predicted molar refractivity (Wildman–Crippen MR) is 109 cm³/mol. The van der Waals surface area contributed by atoms with Crippen LogP contribution in [0.4, 0.5) is 10.8 Å².